The lowest BCUT2D eigenvalue weighted by molar-refractivity contribution is -0.140. The van der Waals surface area contributed by atoms with Gasteiger partial charge in [-0.25, -0.2) is 0 Å². The van der Waals surface area contributed by atoms with Crippen molar-refractivity contribution >= 4 is 23.5 Å². The number of carbonyl (C=O) groups excluding carboxylic acids is 2. The van der Waals surface area contributed by atoms with E-state index in [-0.39, 0.29) is 12.5 Å². The van der Waals surface area contributed by atoms with Crippen molar-refractivity contribution in [1.82, 2.24) is 15.1 Å². The summed E-state index contributed by atoms with van der Waals surface area (Å²) in [5.41, 5.74) is 1.16. The topological polar surface area (TPSA) is 73.2 Å². The molecule has 1 aromatic rings. The molecule has 6 nitrogen and oxygen atoms in total. The molecule has 0 spiro atoms. The van der Waals surface area contributed by atoms with Crippen LogP contribution in [0.25, 0.3) is 0 Å². The summed E-state index contributed by atoms with van der Waals surface area (Å²) in [6, 6.07) is 1.65. The SMILES string of the molecule is COC(=O)C(Cl)CNC(=O)c1cc(C)nn1C. The van der Waals surface area contributed by atoms with Gasteiger partial charge in [0.25, 0.3) is 5.91 Å². The highest BCUT2D eigenvalue weighted by molar-refractivity contribution is 6.30. The minimum atomic E-state index is -0.890. The van der Waals surface area contributed by atoms with Crippen molar-refractivity contribution in [3.05, 3.63) is 17.5 Å². The molecule has 1 amide bonds. The van der Waals surface area contributed by atoms with Crippen molar-refractivity contribution in [1.29, 1.82) is 0 Å². The Morgan fingerprint density at radius 1 is 1.65 bits per heavy atom. The third-order valence-corrected chi connectivity index (χ3v) is 2.47. The molecule has 1 atom stereocenters. The molecule has 0 aromatic carbocycles. The zero-order valence-electron chi connectivity index (χ0n) is 9.86. The summed E-state index contributed by atoms with van der Waals surface area (Å²) in [4.78, 5) is 22.7. The van der Waals surface area contributed by atoms with E-state index in [0.29, 0.717) is 5.69 Å². The fourth-order valence-electron chi connectivity index (χ4n) is 1.31. The lowest BCUT2D eigenvalue weighted by Gasteiger charge is -2.08. The first-order valence-corrected chi connectivity index (χ1v) is 5.40. The fraction of sp³-hybridized carbons (Fsp3) is 0.500. The van der Waals surface area contributed by atoms with E-state index in [1.54, 1.807) is 20.0 Å². The summed E-state index contributed by atoms with van der Waals surface area (Å²) >= 11 is 5.70. The number of alkyl halides is 1. The number of methoxy groups -OCH3 is 1. The lowest BCUT2D eigenvalue weighted by atomic mass is 10.3. The van der Waals surface area contributed by atoms with Crippen molar-refractivity contribution in [2.75, 3.05) is 13.7 Å². The number of esters is 1. The van der Waals surface area contributed by atoms with Gasteiger partial charge in [-0.3, -0.25) is 14.3 Å². The van der Waals surface area contributed by atoms with Crippen LogP contribution in [0.15, 0.2) is 6.07 Å². The molecule has 0 saturated carbocycles. The van der Waals surface area contributed by atoms with Gasteiger partial charge in [0.2, 0.25) is 0 Å². The smallest absolute Gasteiger partial charge is 0.325 e. The Labute approximate surface area is 104 Å². The molecule has 1 N–H and O–H groups in total. The Morgan fingerprint density at radius 3 is 2.76 bits per heavy atom. The quantitative estimate of drug-likeness (QED) is 0.621. The molecule has 0 fully saturated rings. The van der Waals surface area contributed by atoms with E-state index >= 15 is 0 Å². The number of rotatable bonds is 4. The molecule has 0 saturated heterocycles. The van der Waals surface area contributed by atoms with Crippen LogP contribution < -0.4 is 5.32 Å². The maximum atomic E-state index is 11.7. The summed E-state index contributed by atoms with van der Waals surface area (Å²) in [6.07, 6.45) is 0. The van der Waals surface area contributed by atoms with Gasteiger partial charge in [-0.15, -0.1) is 11.6 Å². The van der Waals surface area contributed by atoms with Crippen molar-refractivity contribution in [2.45, 2.75) is 12.3 Å². The van der Waals surface area contributed by atoms with E-state index in [1.807, 2.05) is 0 Å². The minimum Gasteiger partial charge on any atom is -0.468 e. The monoisotopic (exact) mass is 259 g/mol. The average molecular weight is 260 g/mol. The van der Waals surface area contributed by atoms with Crippen molar-refractivity contribution in [2.24, 2.45) is 7.05 Å². The standard InChI is InChI=1S/C10H14ClN3O3/c1-6-4-8(14(2)13-6)9(15)12-5-7(11)10(16)17-3/h4,7H,5H2,1-3H3,(H,12,15). The third-order valence-electron chi connectivity index (χ3n) is 2.13. The van der Waals surface area contributed by atoms with E-state index in [0.717, 1.165) is 5.69 Å². The predicted octanol–water partition coefficient (Wildman–Crippen LogP) is 0.239. The van der Waals surface area contributed by atoms with Crippen molar-refractivity contribution < 1.29 is 14.3 Å². The molecular formula is C10H14ClN3O3. The Balaban J connectivity index is 2.56. The van der Waals surface area contributed by atoms with Crippen LogP contribution in [0.1, 0.15) is 16.2 Å². The lowest BCUT2D eigenvalue weighted by Crippen LogP contribution is -2.35. The van der Waals surface area contributed by atoms with Gasteiger partial charge in [-0.1, -0.05) is 0 Å². The Kier molecular flexibility index (Phi) is 4.51. The number of nitrogens with zero attached hydrogens (tertiary/aromatic N) is 2. The molecule has 17 heavy (non-hydrogen) atoms. The van der Waals surface area contributed by atoms with Crippen LogP contribution in [0.3, 0.4) is 0 Å². The van der Waals surface area contributed by atoms with Gasteiger partial charge in [0, 0.05) is 13.6 Å². The van der Waals surface area contributed by atoms with E-state index in [9.17, 15) is 9.59 Å². The van der Waals surface area contributed by atoms with Crippen LogP contribution in [-0.4, -0.2) is 40.7 Å². The highest BCUT2D eigenvalue weighted by Gasteiger charge is 2.18. The van der Waals surface area contributed by atoms with E-state index in [4.69, 9.17) is 11.6 Å². The zero-order valence-corrected chi connectivity index (χ0v) is 10.6. The van der Waals surface area contributed by atoms with Gasteiger partial charge < -0.3 is 10.1 Å². The number of aryl methyl sites for hydroxylation is 2. The van der Waals surface area contributed by atoms with E-state index in [2.05, 4.69) is 15.2 Å². The van der Waals surface area contributed by atoms with Crippen LogP contribution in [-0.2, 0) is 16.6 Å². The molecule has 0 radical (unpaired) electrons. The van der Waals surface area contributed by atoms with E-state index in [1.165, 1.54) is 11.8 Å². The Morgan fingerprint density at radius 2 is 2.29 bits per heavy atom. The summed E-state index contributed by atoms with van der Waals surface area (Å²) in [5.74, 6) is -0.907. The maximum Gasteiger partial charge on any atom is 0.325 e. The normalized spacial score (nSPS) is 12.0. The second-order valence-corrected chi connectivity index (χ2v) is 4.02. The number of ether oxygens (including phenoxy) is 1. The Bertz CT molecular complexity index is 430. The first-order chi connectivity index (χ1) is 7.95. The average Bonchev–Trinajstić information content (AvgIpc) is 2.63. The van der Waals surface area contributed by atoms with Gasteiger partial charge in [-0.05, 0) is 13.0 Å². The van der Waals surface area contributed by atoms with Gasteiger partial charge >= 0.3 is 5.97 Å². The van der Waals surface area contributed by atoms with Crippen LogP contribution in [0, 0.1) is 6.92 Å². The molecule has 1 rings (SSSR count). The third kappa shape index (κ3) is 3.45. The number of halogens is 1. The predicted molar refractivity (Wildman–Crippen MR) is 61.9 cm³/mol. The second kappa shape index (κ2) is 5.67. The number of hydrogen-bond donors (Lipinski definition) is 1. The molecular weight excluding hydrogens is 246 g/mol. The molecule has 1 unspecified atom stereocenters. The number of nitrogens with one attached hydrogen (secondary N) is 1. The summed E-state index contributed by atoms with van der Waals surface area (Å²) in [6.45, 7) is 1.80. The molecule has 94 valence electrons. The number of aromatic nitrogens is 2. The van der Waals surface area contributed by atoms with Gasteiger partial charge in [0.1, 0.15) is 11.1 Å². The highest BCUT2D eigenvalue weighted by atomic mass is 35.5. The fourth-order valence-corrected chi connectivity index (χ4v) is 1.47. The zero-order chi connectivity index (χ0) is 13.0. The molecule has 0 aliphatic carbocycles. The number of amides is 1. The van der Waals surface area contributed by atoms with Gasteiger partial charge in [0.15, 0.2) is 0 Å². The molecule has 0 bridgehead atoms. The first-order valence-electron chi connectivity index (χ1n) is 4.96. The maximum absolute atomic E-state index is 11.7. The van der Waals surface area contributed by atoms with Crippen LogP contribution in [0.2, 0.25) is 0 Å². The minimum absolute atomic E-state index is 0.0112. The highest BCUT2D eigenvalue weighted by Crippen LogP contribution is 2.02. The van der Waals surface area contributed by atoms with Crippen LogP contribution >= 0.6 is 11.6 Å². The number of hydrogen-bond acceptors (Lipinski definition) is 4. The molecule has 7 heteroatoms. The van der Waals surface area contributed by atoms with Crippen LogP contribution in [0.5, 0.6) is 0 Å². The second-order valence-electron chi connectivity index (χ2n) is 3.50. The number of carbonyl (C=O) groups is 2. The summed E-state index contributed by atoms with van der Waals surface area (Å²) in [5, 5.41) is 5.69. The Hall–Kier alpha value is -1.56. The van der Waals surface area contributed by atoms with Gasteiger partial charge in [-0.2, -0.15) is 5.10 Å². The molecule has 1 aromatic heterocycles. The van der Waals surface area contributed by atoms with Crippen LogP contribution in [0.4, 0.5) is 0 Å². The van der Waals surface area contributed by atoms with Crippen molar-refractivity contribution in [3.63, 3.8) is 0 Å². The molecule has 0 aliphatic rings. The first kappa shape index (κ1) is 13.5. The molecule has 1 heterocycles. The summed E-state index contributed by atoms with van der Waals surface area (Å²) < 4.78 is 5.90. The summed E-state index contributed by atoms with van der Waals surface area (Å²) in [7, 11) is 2.91. The van der Waals surface area contributed by atoms with E-state index < -0.39 is 11.3 Å². The van der Waals surface area contributed by atoms with Crippen molar-refractivity contribution in [3.8, 4) is 0 Å². The van der Waals surface area contributed by atoms with Gasteiger partial charge in [0.05, 0.1) is 12.8 Å². The molecule has 0 aliphatic heterocycles. The largest absolute Gasteiger partial charge is 0.468 e.